The van der Waals surface area contributed by atoms with Gasteiger partial charge in [0, 0.05) is 5.56 Å². The van der Waals surface area contributed by atoms with E-state index in [-0.39, 0.29) is 11.1 Å². The van der Waals surface area contributed by atoms with E-state index in [1.165, 1.54) is 13.0 Å². The third-order valence-corrected chi connectivity index (χ3v) is 5.24. The van der Waals surface area contributed by atoms with Gasteiger partial charge in [-0.25, -0.2) is 14.8 Å². The first kappa shape index (κ1) is 20.6. The molecule has 6 atom stereocenters. The van der Waals surface area contributed by atoms with Crippen LogP contribution in [0.3, 0.4) is 0 Å². The first-order valence-corrected chi connectivity index (χ1v) is 9.56. The highest BCUT2D eigenvalue weighted by Crippen LogP contribution is 2.27. The van der Waals surface area contributed by atoms with E-state index in [9.17, 15) is 25.2 Å². The van der Waals surface area contributed by atoms with Crippen molar-refractivity contribution in [3.05, 3.63) is 47.5 Å². The van der Waals surface area contributed by atoms with Crippen LogP contribution in [0.5, 0.6) is 0 Å². The summed E-state index contributed by atoms with van der Waals surface area (Å²) in [6.07, 6.45) is -7.43. The second-order valence-electron chi connectivity index (χ2n) is 7.37. The maximum Gasteiger partial charge on any atom is 0.340 e. The van der Waals surface area contributed by atoms with Crippen molar-refractivity contribution in [3.8, 4) is 0 Å². The van der Waals surface area contributed by atoms with Gasteiger partial charge in [0.05, 0.1) is 34.3 Å². The molecule has 2 aromatic carbocycles. The highest BCUT2D eigenvalue weighted by molar-refractivity contribution is 6.03. The van der Waals surface area contributed by atoms with E-state index in [2.05, 4.69) is 9.97 Å². The molecule has 9 nitrogen and oxygen atoms in total. The van der Waals surface area contributed by atoms with Crippen LogP contribution in [0, 0.1) is 0 Å². The zero-order valence-corrected chi connectivity index (χ0v) is 16.3. The molecule has 3 aromatic rings. The quantitative estimate of drug-likeness (QED) is 0.362. The number of hydrogen-bond donors (Lipinski definition) is 4. The average Bonchev–Trinajstić information content (AvgIpc) is 2.72. The largest absolute Gasteiger partial charge is 0.450 e. The third-order valence-electron chi connectivity index (χ3n) is 5.24. The molecule has 1 aliphatic heterocycles. The minimum atomic E-state index is -1.59. The fraction of sp³-hybridized carbons (Fsp3) is 0.381. The van der Waals surface area contributed by atoms with Gasteiger partial charge in [-0.2, -0.15) is 0 Å². The van der Waals surface area contributed by atoms with Gasteiger partial charge in [0.25, 0.3) is 0 Å². The predicted octanol–water partition coefficient (Wildman–Crippen LogP) is 0.821. The lowest BCUT2D eigenvalue weighted by atomic mass is 10.00. The van der Waals surface area contributed by atoms with Crippen molar-refractivity contribution in [1.82, 2.24) is 9.97 Å². The minimum absolute atomic E-state index is 0.0804. The number of aliphatic hydroxyl groups is 4. The Bertz CT molecular complexity index is 1100. The molecule has 1 saturated heterocycles. The van der Waals surface area contributed by atoms with Crippen LogP contribution in [0.1, 0.15) is 35.9 Å². The summed E-state index contributed by atoms with van der Waals surface area (Å²) in [6.45, 7) is 3.12. The molecular formula is C21H22N2O7. The van der Waals surface area contributed by atoms with Gasteiger partial charge in [-0.05, 0) is 32.0 Å². The van der Waals surface area contributed by atoms with E-state index in [0.29, 0.717) is 22.1 Å². The smallest absolute Gasteiger partial charge is 0.340 e. The molecule has 2 heterocycles. The molecule has 1 unspecified atom stereocenters. The van der Waals surface area contributed by atoms with Crippen LogP contribution < -0.4 is 0 Å². The van der Waals surface area contributed by atoms with Crippen molar-refractivity contribution < 1.29 is 34.7 Å². The first-order chi connectivity index (χ1) is 14.3. The average molecular weight is 414 g/mol. The molecule has 0 amide bonds. The normalized spacial score (nSPS) is 27.9. The van der Waals surface area contributed by atoms with Crippen LogP contribution >= 0.6 is 0 Å². The van der Waals surface area contributed by atoms with Gasteiger partial charge in [-0.3, -0.25) is 0 Å². The molecule has 0 aliphatic carbocycles. The summed E-state index contributed by atoms with van der Waals surface area (Å²) in [4.78, 5) is 21.9. The predicted molar refractivity (Wildman–Crippen MR) is 105 cm³/mol. The van der Waals surface area contributed by atoms with Crippen LogP contribution in [-0.2, 0) is 9.47 Å². The zero-order chi connectivity index (χ0) is 21.6. The molecule has 30 heavy (non-hydrogen) atoms. The van der Waals surface area contributed by atoms with Gasteiger partial charge in [0.15, 0.2) is 12.4 Å². The van der Waals surface area contributed by atoms with Crippen LogP contribution in [0.15, 0.2) is 36.4 Å². The van der Waals surface area contributed by atoms with E-state index in [0.717, 1.165) is 0 Å². The van der Waals surface area contributed by atoms with Crippen LogP contribution in [0.4, 0.5) is 0 Å². The van der Waals surface area contributed by atoms with Crippen LogP contribution in [-0.4, -0.2) is 67.1 Å². The number of benzene rings is 2. The lowest BCUT2D eigenvalue weighted by molar-refractivity contribution is -0.276. The van der Waals surface area contributed by atoms with Gasteiger partial charge < -0.3 is 29.9 Å². The number of fused-ring (bicyclic) bond motifs is 2. The summed E-state index contributed by atoms with van der Waals surface area (Å²) in [5, 5.41) is 40.2. The second-order valence-corrected chi connectivity index (χ2v) is 7.37. The van der Waals surface area contributed by atoms with Gasteiger partial charge in [-0.1, -0.05) is 18.2 Å². The molecule has 1 fully saturated rings. The van der Waals surface area contributed by atoms with Gasteiger partial charge in [-0.15, -0.1) is 0 Å². The molecule has 0 radical (unpaired) electrons. The van der Waals surface area contributed by atoms with E-state index >= 15 is 0 Å². The van der Waals surface area contributed by atoms with E-state index in [1.54, 1.807) is 37.3 Å². The highest BCUT2D eigenvalue weighted by atomic mass is 16.7. The van der Waals surface area contributed by atoms with Crippen molar-refractivity contribution in [1.29, 1.82) is 0 Å². The lowest BCUT2D eigenvalue weighted by Crippen LogP contribution is -2.58. The summed E-state index contributed by atoms with van der Waals surface area (Å²) >= 11 is 0. The number of ether oxygens (including phenoxy) is 2. The Balaban J connectivity index is 1.73. The Labute approximate surface area is 171 Å². The van der Waals surface area contributed by atoms with Crippen molar-refractivity contribution in [3.63, 3.8) is 0 Å². The minimum Gasteiger partial charge on any atom is -0.450 e. The number of rotatable bonds is 3. The summed E-state index contributed by atoms with van der Waals surface area (Å²) in [5.41, 5.74) is 2.40. The van der Waals surface area contributed by atoms with Crippen LogP contribution in [0.2, 0.25) is 0 Å². The molecule has 0 saturated carbocycles. The van der Waals surface area contributed by atoms with Crippen molar-refractivity contribution in [2.24, 2.45) is 0 Å². The van der Waals surface area contributed by atoms with E-state index in [4.69, 9.17) is 9.47 Å². The SMILES string of the molecule is CC(O)c1cccc2nc3c(C(=O)O[C@H]4[C@H](O)[C@@H](O)[C@H](C)O[C@H]4O)cccc3nc12. The molecular weight excluding hydrogens is 392 g/mol. The number of carbonyl (C=O) groups excluding carboxylic acids is 1. The molecule has 4 rings (SSSR count). The Kier molecular flexibility index (Phi) is 5.39. The van der Waals surface area contributed by atoms with Crippen molar-refractivity contribution >= 4 is 28.0 Å². The fourth-order valence-electron chi connectivity index (χ4n) is 3.58. The molecule has 9 heteroatoms. The Morgan fingerprint density at radius 1 is 1.03 bits per heavy atom. The molecule has 0 spiro atoms. The molecule has 0 bridgehead atoms. The zero-order valence-electron chi connectivity index (χ0n) is 16.3. The monoisotopic (exact) mass is 414 g/mol. The lowest BCUT2D eigenvalue weighted by Gasteiger charge is -2.38. The molecule has 4 N–H and O–H groups in total. The van der Waals surface area contributed by atoms with Gasteiger partial charge in [0.2, 0.25) is 0 Å². The Morgan fingerprint density at radius 3 is 2.37 bits per heavy atom. The standard InChI is InChI=1S/C21H22N2O7/c1-9(24)11-5-3-7-13-15(11)22-14-8-4-6-12(16(14)23-13)20(27)30-19-18(26)17(25)10(2)29-21(19)28/h3-10,17-19,21,24-26,28H,1-2H3/t9?,10-,17-,18+,19-,21+/m0/s1. The number of hydrogen-bond acceptors (Lipinski definition) is 9. The van der Waals surface area contributed by atoms with E-state index in [1.807, 2.05) is 0 Å². The summed E-state index contributed by atoms with van der Waals surface area (Å²) in [6, 6.07) is 9.98. The van der Waals surface area contributed by atoms with Crippen molar-refractivity contribution in [2.45, 2.75) is 50.7 Å². The van der Waals surface area contributed by atoms with Crippen molar-refractivity contribution in [2.75, 3.05) is 0 Å². The Morgan fingerprint density at radius 2 is 1.67 bits per heavy atom. The number of para-hydroxylation sites is 2. The summed E-state index contributed by atoms with van der Waals surface area (Å²) < 4.78 is 10.4. The number of nitrogens with zero attached hydrogens (tertiary/aromatic N) is 2. The topological polar surface area (TPSA) is 142 Å². The summed E-state index contributed by atoms with van der Waals surface area (Å²) in [7, 11) is 0. The molecule has 1 aliphatic rings. The maximum atomic E-state index is 12.8. The van der Waals surface area contributed by atoms with Gasteiger partial charge in [0.1, 0.15) is 17.7 Å². The number of esters is 1. The summed E-state index contributed by atoms with van der Waals surface area (Å²) in [5.74, 6) is -0.852. The number of aliphatic hydroxyl groups excluding tert-OH is 4. The van der Waals surface area contributed by atoms with Crippen LogP contribution in [0.25, 0.3) is 22.1 Å². The number of carbonyl (C=O) groups is 1. The highest BCUT2D eigenvalue weighted by Gasteiger charge is 2.44. The maximum absolute atomic E-state index is 12.8. The molecule has 158 valence electrons. The first-order valence-electron chi connectivity index (χ1n) is 9.56. The number of aromatic nitrogens is 2. The van der Waals surface area contributed by atoms with Gasteiger partial charge >= 0.3 is 5.97 Å². The third kappa shape index (κ3) is 3.51. The second kappa shape index (κ2) is 7.86. The molecule has 1 aromatic heterocycles. The van der Waals surface area contributed by atoms with E-state index < -0.39 is 42.8 Å². The fourth-order valence-corrected chi connectivity index (χ4v) is 3.58. The Hall–Kier alpha value is -2.69.